The highest BCUT2D eigenvalue weighted by Gasteiger charge is 2.13. The molecular formula is C13H9ClFO4S. The normalized spacial score (nSPS) is 11.3. The lowest BCUT2D eigenvalue weighted by molar-refractivity contribution is 0.327. The van der Waals surface area contributed by atoms with Crippen LogP contribution in [-0.4, -0.2) is 14.7 Å². The van der Waals surface area contributed by atoms with Gasteiger partial charge in [0.2, 0.25) is 5.75 Å². The molecule has 2 aromatic carbocycles. The minimum Gasteiger partial charge on any atom is -0.452 e. The second-order valence-corrected chi connectivity index (χ2v) is 6.48. The molecule has 0 saturated carbocycles. The summed E-state index contributed by atoms with van der Waals surface area (Å²) in [5.41, 5.74) is 0. The maximum Gasteiger partial charge on any atom is 0.221 e. The Bertz CT molecular complexity index is 759. The van der Waals surface area contributed by atoms with Crippen LogP contribution in [0.5, 0.6) is 17.2 Å². The zero-order chi connectivity index (χ0) is 14.9. The molecule has 0 fully saturated rings. The zero-order valence-electron chi connectivity index (χ0n) is 10.3. The van der Waals surface area contributed by atoms with E-state index in [-0.39, 0.29) is 21.4 Å². The molecule has 0 aliphatic rings. The van der Waals surface area contributed by atoms with Crippen molar-refractivity contribution in [2.75, 3.05) is 6.26 Å². The van der Waals surface area contributed by atoms with Crippen LogP contribution in [0.2, 0.25) is 5.02 Å². The molecule has 1 radical (unpaired) electrons. The summed E-state index contributed by atoms with van der Waals surface area (Å²) in [6.45, 7) is 0. The van der Waals surface area contributed by atoms with Gasteiger partial charge >= 0.3 is 0 Å². The van der Waals surface area contributed by atoms with Crippen molar-refractivity contribution in [3.05, 3.63) is 47.2 Å². The molecule has 0 saturated heterocycles. The predicted molar refractivity (Wildman–Crippen MR) is 71.2 cm³/mol. The highest BCUT2D eigenvalue weighted by atomic mass is 35.5. The molecule has 0 bridgehead atoms. The van der Waals surface area contributed by atoms with Crippen molar-refractivity contribution in [3.8, 4) is 17.2 Å². The van der Waals surface area contributed by atoms with Gasteiger partial charge in [-0.1, -0.05) is 11.6 Å². The monoisotopic (exact) mass is 315 g/mol. The third kappa shape index (κ3) is 3.20. The topological polar surface area (TPSA) is 63.3 Å². The number of hydrogen-bond acceptors (Lipinski definition) is 3. The van der Waals surface area contributed by atoms with E-state index < -0.39 is 21.4 Å². The Labute approximate surface area is 120 Å². The Morgan fingerprint density at radius 3 is 2.40 bits per heavy atom. The van der Waals surface area contributed by atoms with Crippen LogP contribution in [0, 0.1) is 5.82 Å². The van der Waals surface area contributed by atoms with Gasteiger partial charge in [-0.05, 0) is 30.3 Å². The van der Waals surface area contributed by atoms with Crippen LogP contribution in [0.3, 0.4) is 0 Å². The molecule has 7 heteroatoms. The second kappa shape index (κ2) is 5.30. The zero-order valence-corrected chi connectivity index (χ0v) is 11.8. The summed E-state index contributed by atoms with van der Waals surface area (Å²) in [7, 11) is -3.39. The number of ether oxygens (including phenoxy) is 1. The molecule has 2 aromatic rings. The Morgan fingerprint density at radius 2 is 1.80 bits per heavy atom. The van der Waals surface area contributed by atoms with Gasteiger partial charge < -0.3 is 4.74 Å². The van der Waals surface area contributed by atoms with E-state index >= 15 is 0 Å². The van der Waals surface area contributed by atoms with Crippen LogP contribution in [0.15, 0.2) is 41.3 Å². The van der Waals surface area contributed by atoms with Crippen molar-refractivity contribution < 1.29 is 22.7 Å². The molecule has 0 N–H and O–H groups in total. The third-order valence-electron chi connectivity index (χ3n) is 2.46. The molecule has 0 heterocycles. The van der Waals surface area contributed by atoms with Crippen LogP contribution < -0.4 is 4.74 Å². The van der Waals surface area contributed by atoms with Crippen LogP contribution in [0.1, 0.15) is 0 Å². The van der Waals surface area contributed by atoms with Crippen molar-refractivity contribution in [1.29, 1.82) is 0 Å². The Kier molecular flexibility index (Phi) is 3.87. The van der Waals surface area contributed by atoms with E-state index in [0.717, 1.165) is 24.5 Å². The summed E-state index contributed by atoms with van der Waals surface area (Å²) < 4.78 is 41.0. The maximum atomic E-state index is 13.0. The standard InChI is InChI=1S/C13H9ClFO4S/c1-20(17,18)9-3-5-12(10(14)7-9)19-13-6-8(15)2-4-11(13)16/h2-7H,1H3. The average Bonchev–Trinajstić information content (AvgIpc) is 2.35. The van der Waals surface area contributed by atoms with Gasteiger partial charge in [-0.2, -0.15) is 0 Å². The summed E-state index contributed by atoms with van der Waals surface area (Å²) in [4.78, 5) is 0.0245. The Balaban J connectivity index is 2.38. The van der Waals surface area contributed by atoms with Gasteiger partial charge in [-0.25, -0.2) is 12.8 Å². The van der Waals surface area contributed by atoms with Crippen LogP contribution in [0.4, 0.5) is 4.39 Å². The van der Waals surface area contributed by atoms with Gasteiger partial charge in [0.15, 0.2) is 15.6 Å². The highest BCUT2D eigenvalue weighted by Crippen LogP contribution is 2.36. The van der Waals surface area contributed by atoms with E-state index in [1.165, 1.54) is 18.2 Å². The van der Waals surface area contributed by atoms with E-state index in [1.54, 1.807) is 0 Å². The van der Waals surface area contributed by atoms with Gasteiger partial charge in [-0.15, -0.1) is 0 Å². The number of sulfone groups is 1. The fourth-order valence-electron chi connectivity index (χ4n) is 1.48. The number of hydrogen-bond donors (Lipinski definition) is 0. The average molecular weight is 316 g/mol. The molecule has 4 nitrogen and oxygen atoms in total. The first-order chi connectivity index (χ1) is 9.27. The van der Waals surface area contributed by atoms with Crippen molar-refractivity contribution in [2.45, 2.75) is 4.90 Å². The molecular weight excluding hydrogens is 307 g/mol. The van der Waals surface area contributed by atoms with Gasteiger partial charge in [0.1, 0.15) is 11.6 Å². The number of benzene rings is 2. The SMILES string of the molecule is CS(=O)(=O)c1ccc(Oc2cc(F)ccc2[O])c(Cl)c1. The van der Waals surface area contributed by atoms with Crippen molar-refractivity contribution in [3.63, 3.8) is 0 Å². The molecule has 0 aliphatic carbocycles. The van der Waals surface area contributed by atoms with E-state index in [0.29, 0.717) is 0 Å². The third-order valence-corrected chi connectivity index (χ3v) is 3.86. The molecule has 0 spiro atoms. The van der Waals surface area contributed by atoms with Crippen LogP contribution >= 0.6 is 11.6 Å². The van der Waals surface area contributed by atoms with E-state index in [4.69, 9.17) is 16.3 Å². The fraction of sp³-hybridized carbons (Fsp3) is 0.0769. The van der Waals surface area contributed by atoms with Gasteiger partial charge in [0.25, 0.3) is 0 Å². The van der Waals surface area contributed by atoms with E-state index in [1.807, 2.05) is 0 Å². The van der Waals surface area contributed by atoms with Crippen LogP contribution in [0.25, 0.3) is 0 Å². The summed E-state index contributed by atoms with van der Waals surface area (Å²) in [6.07, 6.45) is 1.04. The van der Waals surface area contributed by atoms with Crippen LogP contribution in [-0.2, 0) is 14.9 Å². The minimum absolute atomic E-state index is 0.0107. The first-order valence-electron chi connectivity index (χ1n) is 5.41. The maximum absolute atomic E-state index is 13.0. The molecule has 0 amide bonds. The molecule has 20 heavy (non-hydrogen) atoms. The van der Waals surface area contributed by atoms with E-state index in [2.05, 4.69) is 0 Å². The lowest BCUT2D eigenvalue weighted by atomic mass is 10.3. The summed E-state index contributed by atoms with van der Waals surface area (Å²) in [6, 6.07) is 6.79. The number of halogens is 2. The van der Waals surface area contributed by atoms with Gasteiger partial charge in [0, 0.05) is 12.3 Å². The van der Waals surface area contributed by atoms with Gasteiger partial charge in [0.05, 0.1) is 9.92 Å². The van der Waals surface area contributed by atoms with Crippen molar-refractivity contribution in [2.24, 2.45) is 0 Å². The molecule has 2 rings (SSSR count). The summed E-state index contributed by atoms with van der Waals surface area (Å²) >= 11 is 5.89. The first-order valence-corrected chi connectivity index (χ1v) is 7.68. The Morgan fingerprint density at radius 1 is 1.10 bits per heavy atom. The molecule has 0 unspecified atom stereocenters. The minimum atomic E-state index is -3.39. The van der Waals surface area contributed by atoms with Crippen molar-refractivity contribution in [1.82, 2.24) is 0 Å². The van der Waals surface area contributed by atoms with Gasteiger partial charge in [-0.3, -0.25) is 5.11 Å². The molecule has 105 valence electrons. The molecule has 0 atom stereocenters. The lowest BCUT2D eigenvalue weighted by Gasteiger charge is -2.09. The quantitative estimate of drug-likeness (QED) is 0.865. The summed E-state index contributed by atoms with van der Waals surface area (Å²) in [5.74, 6) is -1.28. The smallest absolute Gasteiger partial charge is 0.221 e. The second-order valence-electron chi connectivity index (χ2n) is 4.06. The van der Waals surface area contributed by atoms with E-state index in [9.17, 15) is 17.9 Å². The Hall–Kier alpha value is -1.79. The fourth-order valence-corrected chi connectivity index (χ4v) is 2.41. The molecule has 0 aliphatic heterocycles. The predicted octanol–water partition coefficient (Wildman–Crippen LogP) is 3.82. The highest BCUT2D eigenvalue weighted by molar-refractivity contribution is 7.90. The largest absolute Gasteiger partial charge is 0.452 e. The summed E-state index contributed by atoms with van der Waals surface area (Å²) in [5, 5.41) is 11.5. The lowest BCUT2D eigenvalue weighted by Crippen LogP contribution is -1.97. The first kappa shape index (κ1) is 14.6. The van der Waals surface area contributed by atoms with Crippen molar-refractivity contribution >= 4 is 21.4 Å². The molecule has 0 aromatic heterocycles. The number of rotatable bonds is 3.